The molecule has 2 rings (SSSR count). The normalized spacial score (nSPS) is 11.5. The molecule has 0 unspecified atom stereocenters. The van der Waals surface area contributed by atoms with E-state index in [1.165, 1.54) is 19.2 Å². The number of benzene rings is 2. The van der Waals surface area contributed by atoms with Gasteiger partial charge < -0.3 is 20.1 Å². The third-order valence-electron chi connectivity index (χ3n) is 3.96. The van der Waals surface area contributed by atoms with Gasteiger partial charge in [-0.05, 0) is 36.2 Å². The van der Waals surface area contributed by atoms with Crippen LogP contribution in [0.3, 0.4) is 0 Å². The van der Waals surface area contributed by atoms with Crippen molar-refractivity contribution < 1.29 is 27.0 Å². The zero-order chi connectivity index (χ0) is 21.4. The summed E-state index contributed by atoms with van der Waals surface area (Å²) in [7, 11) is 2.94. The van der Waals surface area contributed by atoms with Gasteiger partial charge in [0.15, 0.2) is 24.1 Å². The monoisotopic (exact) mass is 541 g/mol. The van der Waals surface area contributed by atoms with Gasteiger partial charge in [0.05, 0.1) is 7.11 Å². The van der Waals surface area contributed by atoms with E-state index < -0.39 is 18.6 Å². The van der Waals surface area contributed by atoms with E-state index in [2.05, 4.69) is 15.6 Å². The second-order valence-electron chi connectivity index (χ2n) is 6.26. The summed E-state index contributed by atoms with van der Waals surface area (Å²) in [5, 5.41) is 6.03. The topological polar surface area (TPSA) is 54.9 Å². The molecule has 0 saturated heterocycles. The van der Waals surface area contributed by atoms with Crippen molar-refractivity contribution in [1.82, 2.24) is 10.6 Å². The van der Waals surface area contributed by atoms with Crippen LogP contribution in [0.4, 0.5) is 17.6 Å². The van der Waals surface area contributed by atoms with Crippen LogP contribution in [0.25, 0.3) is 0 Å². The zero-order valence-electron chi connectivity index (χ0n) is 16.8. The molecule has 0 heterocycles. The highest BCUT2D eigenvalue weighted by Gasteiger charge is 2.28. The molecule has 0 radical (unpaired) electrons. The van der Waals surface area contributed by atoms with Crippen molar-refractivity contribution in [2.75, 3.05) is 20.8 Å². The first kappa shape index (κ1) is 25.8. The second-order valence-corrected chi connectivity index (χ2v) is 6.26. The summed E-state index contributed by atoms with van der Waals surface area (Å²) in [4.78, 5) is 4.06. The Morgan fingerprint density at radius 3 is 2.33 bits per heavy atom. The highest BCUT2D eigenvalue weighted by atomic mass is 127. The van der Waals surface area contributed by atoms with E-state index in [0.29, 0.717) is 23.6 Å². The lowest BCUT2D eigenvalue weighted by atomic mass is 10.1. The molecule has 0 atom stereocenters. The number of nitrogens with zero attached hydrogens (tertiary/aromatic N) is 1. The summed E-state index contributed by atoms with van der Waals surface area (Å²) in [6, 6.07) is 9.62. The lowest BCUT2D eigenvalue weighted by Gasteiger charge is -2.16. The number of ether oxygens (including phenoxy) is 2. The smallest absolute Gasteiger partial charge is 0.422 e. The highest BCUT2D eigenvalue weighted by molar-refractivity contribution is 14.0. The van der Waals surface area contributed by atoms with Crippen LogP contribution < -0.4 is 20.1 Å². The van der Waals surface area contributed by atoms with Crippen LogP contribution >= 0.6 is 24.0 Å². The van der Waals surface area contributed by atoms with Crippen molar-refractivity contribution in [1.29, 1.82) is 0 Å². The summed E-state index contributed by atoms with van der Waals surface area (Å²) >= 11 is 0. The number of nitrogens with one attached hydrogen (secondary N) is 2. The first-order chi connectivity index (χ1) is 13.7. The van der Waals surface area contributed by atoms with Crippen molar-refractivity contribution >= 4 is 29.9 Å². The Labute approximate surface area is 189 Å². The predicted octanol–water partition coefficient (Wildman–Crippen LogP) is 4.57. The molecule has 0 aromatic heterocycles. The predicted molar refractivity (Wildman–Crippen MR) is 118 cm³/mol. The summed E-state index contributed by atoms with van der Waals surface area (Å²) in [6.45, 7) is 0.904. The van der Waals surface area contributed by atoms with Crippen molar-refractivity contribution in [3.05, 3.63) is 58.9 Å². The quantitative estimate of drug-likeness (QED) is 0.234. The number of methoxy groups -OCH3 is 1. The molecule has 0 bridgehead atoms. The number of hydrogen-bond donors (Lipinski definition) is 2. The fraction of sp³-hybridized carbons (Fsp3) is 0.350. The molecule has 5 nitrogen and oxygen atoms in total. The second kappa shape index (κ2) is 11.8. The van der Waals surface area contributed by atoms with E-state index in [1.54, 1.807) is 38.2 Å². The van der Waals surface area contributed by atoms with Crippen LogP contribution in [0, 0.1) is 12.7 Å². The zero-order valence-corrected chi connectivity index (χ0v) is 19.1. The van der Waals surface area contributed by atoms with Gasteiger partial charge in [-0.25, -0.2) is 4.39 Å². The average molecular weight is 541 g/mol. The molecule has 166 valence electrons. The standard InChI is InChI=1S/C20H23F4N3O2.HI/c1-13-4-6-15(18(8-13)29-12-20(22,23)24)11-27-19(25-2)26-10-14-5-7-17(28-3)16(21)9-14;/h4-9H,10-12H2,1-3H3,(H2,25,26,27);1H. The maximum absolute atomic E-state index is 13.8. The van der Waals surface area contributed by atoms with E-state index in [0.717, 1.165) is 5.56 Å². The minimum atomic E-state index is -4.42. The summed E-state index contributed by atoms with van der Waals surface area (Å²) in [6.07, 6.45) is -4.42. The maximum atomic E-state index is 13.8. The third-order valence-corrected chi connectivity index (χ3v) is 3.96. The van der Waals surface area contributed by atoms with E-state index in [1.807, 2.05) is 0 Å². The molecule has 0 aliphatic carbocycles. The average Bonchev–Trinajstić information content (AvgIpc) is 2.67. The molecule has 0 aliphatic heterocycles. The Morgan fingerprint density at radius 2 is 1.73 bits per heavy atom. The van der Waals surface area contributed by atoms with Crippen LogP contribution in [0.15, 0.2) is 41.4 Å². The van der Waals surface area contributed by atoms with Crippen LogP contribution in [0.2, 0.25) is 0 Å². The fourth-order valence-electron chi connectivity index (χ4n) is 2.51. The fourth-order valence-corrected chi connectivity index (χ4v) is 2.51. The molecule has 0 aliphatic rings. The van der Waals surface area contributed by atoms with Gasteiger partial charge in [-0.2, -0.15) is 13.2 Å². The summed E-state index contributed by atoms with van der Waals surface area (Å²) < 4.78 is 61.0. The van der Waals surface area contributed by atoms with Gasteiger partial charge in [-0.3, -0.25) is 4.99 Å². The first-order valence-electron chi connectivity index (χ1n) is 8.78. The van der Waals surface area contributed by atoms with Crippen molar-refractivity contribution in [2.24, 2.45) is 4.99 Å². The Balaban J connectivity index is 0.00000450. The minimum Gasteiger partial charge on any atom is -0.494 e. The third kappa shape index (κ3) is 8.25. The van der Waals surface area contributed by atoms with Crippen molar-refractivity contribution in [2.45, 2.75) is 26.2 Å². The Bertz CT molecular complexity index is 860. The van der Waals surface area contributed by atoms with E-state index in [-0.39, 0.29) is 42.0 Å². The van der Waals surface area contributed by atoms with Crippen LogP contribution in [-0.4, -0.2) is 32.9 Å². The molecule has 2 N–H and O–H groups in total. The molecule has 0 saturated carbocycles. The van der Waals surface area contributed by atoms with Crippen LogP contribution in [0.5, 0.6) is 11.5 Å². The summed E-state index contributed by atoms with van der Waals surface area (Å²) in [5.41, 5.74) is 2.02. The van der Waals surface area contributed by atoms with Crippen LogP contribution in [-0.2, 0) is 13.1 Å². The SMILES string of the molecule is CN=C(NCc1ccc(OC)c(F)c1)NCc1ccc(C)cc1OCC(F)(F)F.I. The van der Waals surface area contributed by atoms with Gasteiger partial charge in [0, 0.05) is 25.7 Å². The highest BCUT2D eigenvalue weighted by Crippen LogP contribution is 2.23. The van der Waals surface area contributed by atoms with E-state index in [4.69, 9.17) is 9.47 Å². The molecule has 0 spiro atoms. The molecule has 0 amide bonds. The van der Waals surface area contributed by atoms with Gasteiger partial charge in [0.25, 0.3) is 0 Å². The van der Waals surface area contributed by atoms with Crippen molar-refractivity contribution in [3.8, 4) is 11.5 Å². The van der Waals surface area contributed by atoms with E-state index in [9.17, 15) is 17.6 Å². The lowest BCUT2D eigenvalue weighted by Crippen LogP contribution is -2.36. The number of aryl methyl sites for hydroxylation is 1. The number of alkyl halides is 3. The van der Waals surface area contributed by atoms with Gasteiger partial charge in [0.1, 0.15) is 5.75 Å². The van der Waals surface area contributed by atoms with Gasteiger partial charge in [-0.1, -0.05) is 18.2 Å². The number of guanidine groups is 1. The number of rotatable bonds is 7. The molecular weight excluding hydrogens is 517 g/mol. The lowest BCUT2D eigenvalue weighted by molar-refractivity contribution is -0.153. The Kier molecular flexibility index (Phi) is 10.2. The van der Waals surface area contributed by atoms with Crippen molar-refractivity contribution in [3.63, 3.8) is 0 Å². The number of aliphatic imine (C=N–C) groups is 1. The Hall–Kier alpha value is -2.24. The molecule has 10 heteroatoms. The number of halogens is 5. The van der Waals surface area contributed by atoms with Gasteiger partial charge in [0.2, 0.25) is 0 Å². The molecule has 2 aromatic rings. The van der Waals surface area contributed by atoms with E-state index >= 15 is 0 Å². The molecule has 2 aromatic carbocycles. The maximum Gasteiger partial charge on any atom is 0.422 e. The van der Waals surface area contributed by atoms with Gasteiger partial charge >= 0.3 is 6.18 Å². The molecule has 30 heavy (non-hydrogen) atoms. The van der Waals surface area contributed by atoms with Gasteiger partial charge in [-0.15, -0.1) is 24.0 Å². The molecular formula is C20H24F4IN3O2. The summed E-state index contributed by atoms with van der Waals surface area (Å²) in [5.74, 6) is 0.244. The number of hydrogen-bond acceptors (Lipinski definition) is 3. The van der Waals surface area contributed by atoms with Crippen LogP contribution in [0.1, 0.15) is 16.7 Å². The Morgan fingerprint density at radius 1 is 1.03 bits per heavy atom. The largest absolute Gasteiger partial charge is 0.494 e. The minimum absolute atomic E-state index is 0. The first-order valence-corrected chi connectivity index (χ1v) is 8.78. The molecule has 0 fully saturated rings.